The van der Waals surface area contributed by atoms with Crippen molar-refractivity contribution in [2.75, 3.05) is 26.0 Å². The third kappa shape index (κ3) is 4.79. The van der Waals surface area contributed by atoms with Crippen LogP contribution in [0.15, 0.2) is 40.9 Å². The molecule has 132 valence electrons. The van der Waals surface area contributed by atoms with Gasteiger partial charge in [0.2, 0.25) is 0 Å². The molecule has 2 amide bonds. The van der Waals surface area contributed by atoms with Gasteiger partial charge < -0.3 is 16.0 Å². The van der Waals surface area contributed by atoms with E-state index in [0.717, 1.165) is 5.56 Å². The van der Waals surface area contributed by atoms with E-state index in [1.165, 1.54) is 11.0 Å². The molecule has 0 aliphatic rings. The highest BCUT2D eigenvalue weighted by molar-refractivity contribution is 9.10. The molecular weight excluding hydrogens is 389 g/mol. The predicted molar refractivity (Wildman–Crippen MR) is 99.3 cm³/mol. The van der Waals surface area contributed by atoms with Crippen LogP contribution >= 0.6 is 15.9 Å². The van der Waals surface area contributed by atoms with Crippen molar-refractivity contribution in [1.29, 1.82) is 0 Å². The van der Waals surface area contributed by atoms with Crippen molar-refractivity contribution in [2.24, 2.45) is 5.73 Å². The number of carbonyl (C=O) groups excluding carboxylic acids is 2. The van der Waals surface area contributed by atoms with Crippen molar-refractivity contribution in [3.63, 3.8) is 0 Å². The maximum atomic E-state index is 13.9. The zero-order valence-electron chi connectivity index (χ0n) is 14.0. The molecule has 0 aromatic heterocycles. The number of halogens is 2. The molecule has 2 aromatic rings. The van der Waals surface area contributed by atoms with E-state index in [2.05, 4.69) is 21.2 Å². The van der Waals surface area contributed by atoms with Gasteiger partial charge in [0.15, 0.2) is 0 Å². The van der Waals surface area contributed by atoms with Gasteiger partial charge in [0.1, 0.15) is 5.82 Å². The summed E-state index contributed by atoms with van der Waals surface area (Å²) < 4.78 is 14.4. The second-order valence-corrected chi connectivity index (χ2v) is 6.67. The average Bonchev–Trinajstić information content (AvgIpc) is 2.53. The van der Waals surface area contributed by atoms with E-state index >= 15 is 0 Å². The topological polar surface area (TPSA) is 75.4 Å². The Labute approximate surface area is 154 Å². The summed E-state index contributed by atoms with van der Waals surface area (Å²) in [5, 5.41) is 3.03. The second kappa shape index (κ2) is 8.11. The molecule has 3 N–H and O–H groups in total. The number of benzene rings is 2. The zero-order valence-corrected chi connectivity index (χ0v) is 15.6. The summed E-state index contributed by atoms with van der Waals surface area (Å²) in [5.41, 5.74) is 6.98. The number of hydrogen-bond acceptors (Lipinski definition) is 3. The maximum Gasteiger partial charge on any atom is 0.253 e. The van der Waals surface area contributed by atoms with Crippen LogP contribution in [0.2, 0.25) is 0 Å². The molecule has 0 spiro atoms. The third-order valence-corrected chi connectivity index (χ3v) is 4.07. The Bertz CT molecular complexity index is 809. The predicted octanol–water partition coefficient (Wildman–Crippen LogP) is 3.04. The van der Waals surface area contributed by atoms with Gasteiger partial charge in [-0.05, 0) is 36.2 Å². The van der Waals surface area contributed by atoms with Crippen molar-refractivity contribution in [1.82, 2.24) is 4.90 Å². The molecule has 25 heavy (non-hydrogen) atoms. The SMILES string of the molecule is CN(C)C(=O)c1cccc(CCNc2cc(Br)cc(F)c2C(N)=O)c1. The van der Waals surface area contributed by atoms with Gasteiger partial charge in [0, 0.05) is 30.7 Å². The van der Waals surface area contributed by atoms with E-state index in [1.807, 2.05) is 18.2 Å². The van der Waals surface area contributed by atoms with Crippen LogP contribution < -0.4 is 11.1 Å². The Kier molecular flexibility index (Phi) is 6.14. The van der Waals surface area contributed by atoms with E-state index in [4.69, 9.17) is 5.73 Å². The summed E-state index contributed by atoms with van der Waals surface area (Å²) in [4.78, 5) is 25.0. The second-order valence-electron chi connectivity index (χ2n) is 5.75. The molecule has 0 radical (unpaired) electrons. The number of amides is 2. The summed E-state index contributed by atoms with van der Waals surface area (Å²) in [5.74, 6) is -1.58. The molecule has 0 saturated heterocycles. The van der Waals surface area contributed by atoms with Gasteiger partial charge in [0.05, 0.1) is 11.3 Å². The highest BCUT2D eigenvalue weighted by Gasteiger charge is 2.15. The Balaban J connectivity index is 2.10. The van der Waals surface area contributed by atoms with Crippen molar-refractivity contribution in [3.8, 4) is 0 Å². The molecule has 0 aliphatic heterocycles. The van der Waals surface area contributed by atoms with Gasteiger partial charge in [0.25, 0.3) is 11.8 Å². The van der Waals surface area contributed by atoms with Gasteiger partial charge in [-0.25, -0.2) is 4.39 Å². The lowest BCUT2D eigenvalue weighted by Gasteiger charge is -2.13. The molecule has 0 bridgehead atoms. The third-order valence-electron chi connectivity index (χ3n) is 3.61. The lowest BCUT2D eigenvalue weighted by Crippen LogP contribution is -2.21. The minimum atomic E-state index is -0.828. The van der Waals surface area contributed by atoms with Crippen LogP contribution in [0.5, 0.6) is 0 Å². The molecule has 0 fully saturated rings. The molecule has 0 heterocycles. The van der Waals surface area contributed by atoms with Crippen LogP contribution in [0, 0.1) is 5.82 Å². The summed E-state index contributed by atoms with van der Waals surface area (Å²) in [7, 11) is 3.40. The fourth-order valence-electron chi connectivity index (χ4n) is 2.42. The molecule has 2 rings (SSSR count). The average molecular weight is 408 g/mol. The molecule has 2 aromatic carbocycles. The molecule has 0 unspecified atom stereocenters. The van der Waals surface area contributed by atoms with E-state index < -0.39 is 11.7 Å². The Morgan fingerprint density at radius 3 is 2.60 bits per heavy atom. The van der Waals surface area contributed by atoms with Gasteiger partial charge in [-0.15, -0.1) is 0 Å². The molecule has 5 nitrogen and oxygen atoms in total. The lowest BCUT2D eigenvalue weighted by molar-refractivity contribution is 0.0827. The van der Waals surface area contributed by atoms with Crippen LogP contribution in [-0.4, -0.2) is 37.4 Å². The van der Waals surface area contributed by atoms with Crippen LogP contribution in [0.3, 0.4) is 0 Å². The first-order valence-corrected chi connectivity index (χ1v) is 8.42. The highest BCUT2D eigenvalue weighted by Crippen LogP contribution is 2.24. The highest BCUT2D eigenvalue weighted by atomic mass is 79.9. The number of nitrogens with two attached hydrogens (primary N) is 1. The maximum absolute atomic E-state index is 13.9. The van der Waals surface area contributed by atoms with E-state index in [-0.39, 0.29) is 11.5 Å². The number of nitrogens with zero attached hydrogens (tertiary/aromatic N) is 1. The van der Waals surface area contributed by atoms with Crippen molar-refractivity contribution < 1.29 is 14.0 Å². The minimum absolute atomic E-state index is 0.0696. The number of rotatable bonds is 6. The quantitative estimate of drug-likeness (QED) is 0.772. The van der Waals surface area contributed by atoms with Crippen molar-refractivity contribution in [3.05, 3.63) is 63.4 Å². The molecule has 7 heteroatoms. The summed E-state index contributed by atoms with van der Waals surface area (Å²) >= 11 is 3.20. The van der Waals surface area contributed by atoms with Crippen molar-refractivity contribution in [2.45, 2.75) is 6.42 Å². The number of primary amides is 1. The van der Waals surface area contributed by atoms with Gasteiger partial charge in [-0.3, -0.25) is 9.59 Å². The summed E-state index contributed by atoms with van der Waals surface area (Å²) in [6, 6.07) is 10.1. The van der Waals surface area contributed by atoms with Gasteiger partial charge in [-0.1, -0.05) is 28.1 Å². The standard InChI is InChI=1S/C18H19BrFN3O2/c1-23(2)18(25)12-5-3-4-11(8-12)6-7-22-15-10-13(19)9-14(20)16(15)17(21)24/h3-5,8-10,22H,6-7H2,1-2H3,(H2,21,24). The smallest absolute Gasteiger partial charge is 0.253 e. The number of hydrogen-bond donors (Lipinski definition) is 2. The first-order valence-electron chi connectivity index (χ1n) is 7.63. The van der Waals surface area contributed by atoms with E-state index in [1.54, 1.807) is 26.2 Å². The first-order chi connectivity index (χ1) is 11.8. The number of nitrogens with one attached hydrogen (secondary N) is 1. The Morgan fingerprint density at radius 2 is 1.96 bits per heavy atom. The van der Waals surface area contributed by atoms with E-state index in [0.29, 0.717) is 28.7 Å². The fraction of sp³-hybridized carbons (Fsp3) is 0.222. The molecule has 0 aliphatic carbocycles. The van der Waals surface area contributed by atoms with Crippen LogP contribution in [0.1, 0.15) is 26.3 Å². The Morgan fingerprint density at radius 1 is 1.24 bits per heavy atom. The number of anilines is 1. The number of carbonyl (C=O) groups is 2. The summed E-state index contributed by atoms with van der Waals surface area (Å²) in [6.07, 6.45) is 0.598. The molecule has 0 saturated carbocycles. The first kappa shape index (κ1) is 18.9. The lowest BCUT2D eigenvalue weighted by atomic mass is 10.1. The van der Waals surface area contributed by atoms with Crippen LogP contribution in [0.25, 0.3) is 0 Å². The fourth-order valence-corrected chi connectivity index (χ4v) is 2.85. The van der Waals surface area contributed by atoms with Gasteiger partial charge in [-0.2, -0.15) is 0 Å². The van der Waals surface area contributed by atoms with Crippen molar-refractivity contribution >= 4 is 33.4 Å². The van der Waals surface area contributed by atoms with Crippen LogP contribution in [0.4, 0.5) is 10.1 Å². The van der Waals surface area contributed by atoms with Crippen LogP contribution in [-0.2, 0) is 6.42 Å². The summed E-state index contributed by atoms with van der Waals surface area (Å²) in [6.45, 7) is 0.454. The normalized spacial score (nSPS) is 10.4. The largest absolute Gasteiger partial charge is 0.384 e. The monoisotopic (exact) mass is 407 g/mol. The minimum Gasteiger partial charge on any atom is -0.384 e. The zero-order chi connectivity index (χ0) is 18.6. The molecule has 0 atom stereocenters. The van der Waals surface area contributed by atoms with E-state index in [9.17, 15) is 14.0 Å². The Hall–Kier alpha value is -2.41. The van der Waals surface area contributed by atoms with Gasteiger partial charge >= 0.3 is 0 Å². The molecular formula is C18H19BrFN3O2.